The Labute approximate surface area is 136 Å². The summed E-state index contributed by atoms with van der Waals surface area (Å²) < 4.78 is 1.25. The predicted octanol–water partition coefficient (Wildman–Crippen LogP) is 2.31. The van der Waals surface area contributed by atoms with E-state index >= 15 is 0 Å². The van der Waals surface area contributed by atoms with Gasteiger partial charge in [-0.15, -0.1) is 11.3 Å². The lowest BCUT2D eigenvalue weighted by atomic mass is 10.1. The molecule has 3 rings (SSSR count). The fourth-order valence-electron chi connectivity index (χ4n) is 2.08. The van der Waals surface area contributed by atoms with Crippen molar-refractivity contribution in [3.05, 3.63) is 63.6 Å². The first-order valence-corrected chi connectivity index (χ1v) is 7.84. The zero-order chi connectivity index (χ0) is 16.2. The Kier molecular flexibility index (Phi) is 4.29. The maximum Gasteiger partial charge on any atom is 0.347 e. The fraction of sp³-hybridized carbons (Fsp3) is 0.125. The molecule has 23 heavy (non-hydrogen) atoms. The van der Waals surface area contributed by atoms with Gasteiger partial charge in [-0.3, -0.25) is 9.36 Å². The molecule has 0 aliphatic rings. The summed E-state index contributed by atoms with van der Waals surface area (Å²) in [4.78, 5) is 31.5. The Morgan fingerprint density at radius 1 is 1.30 bits per heavy atom. The Morgan fingerprint density at radius 3 is 2.74 bits per heavy atom. The highest BCUT2D eigenvalue weighted by Gasteiger charge is 2.06. The van der Waals surface area contributed by atoms with Crippen LogP contribution in [-0.2, 0) is 11.3 Å². The summed E-state index contributed by atoms with van der Waals surface area (Å²) in [6, 6.07) is 9.04. The van der Waals surface area contributed by atoms with Gasteiger partial charge in [-0.1, -0.05) is 12.1 Å². The van der Waals surface area contributed by atoms with Gasteiger partial charge in [-0.2, -0.15) is 0 Å². The maximum absolute atomic E-state index is 12.0. The minimum Gasteiger partial charge on any atom is -0.325 e. The van der Waals surface area contributed by atoms with Crippen LogP contribution in [-0.4, -0.2) is 20.4 Å². The van der Waals surface area contributed by atoms with E-state index in [1.165, 1.54) is 17.0 Å². The van der Waals surface area contributed by atoms with Crippen molar-refractivity contribution in [2.75, 3.05) is 5.32 Å². The van der Waals surface area contributed by atoms with Gasteiger partial charge in [-0.05, 0) is 25.1 Å². The van der Waals surface area contributed by atoms with Crippen LogP contribution in [0.3, 0.4) is 0 Å². The van der Waals surface area contributed by atoms with E-state index in [4.69, 9.17) is 0 Å². The van der Waals surface area contributed by atoms with E-state index in [0.29, 0.717) is 5.69 Å². The highest BCUT2D eigenvalue weighted by atomic mass is 32.1. The first kappa shape index (κ1) is 15.1. The molecule has 0 spiro atoms. The van der Waals surface area contributed by atoms with Crippen molar-refractivity contribution in [2.45, 2.75) is 13.5 Å². The third-order valence-corrected chi connectivity index (χ3v) is 3.95. The van der Waals surface area contributed by atoms with E-state index in [1.807, 2.05) is 36.6 Å². The molecular formula is C16H14N4O2S. The molecular weight excluding hydrogens is 312 g/mol. The summed E-state index contributed by atoms with van der Waals surface area (Å²) >= 11 is 1.60. The van der Waals surface area contributed by atoms with E-state index in [0.717, 1.165) is 16.3 Å². The van der Waals surface area contributed by atoms with E-state index in [-0.39, 0.29) is 12.5 Å². The molecule has 3 aromatic rings. The van der Waals surface area contributed by atoms with Crippen LogP contribution in [0.4, 0.5) is 5.69 Å². The molecule has 2 heterocycles. The molecule has 1 amide bonds. The standard InChI is InChI=1S/C16H14N4O2S/c1-11-18-14(10-23-11)12-3-5-13(6-4-12)19-15(21)9-20-8-2-7-17-16(20)22/h2-8,10H,9H2,1H3,(H,19,21). The minimum absolute atomic E-state index is 0.0697. The summed E-state index contributed by atoms with van der Waals surface area (Å²) in [5.41, 5.74) is 2.14. The van der Waals surface area contributed by atoms with Gasteiger partial charge in [0.2, 0.25) is 5.91 Å². The first-order chi connectivity index (χ1) is 11.1. The smallest absolute Gasteiger partial charge is 0.325 e. The molecule has 0 unspecified atom stereocenters. The second-order valence-electron chi connectivity index (χ2n) is 4.91. The number of benzene rings is 1. The van der Waals surface area contributed by atoms with Gasteiger partial charge in [0, 0.05) is 29.0 Å². The molecule has 0 radical (unpaired) electrons. The zero-order valence-corrected chi connectivity index (χ0v) is 13.2. The van der Waals surface area contributed by atoms with Crippen LogP contribution in [0.5, 0.6) is 0 Å². The lowest BCUT2D eigenvalue weighted by Crippen LogP contribution is -2.28. The number of nitrogens with one attached hydrogen (secondary N) is 1. The highest BCUT2D eigenvalue weighted by molar-refractivity contribution is 7.09. The monoisotopic (exact) mass is 326 g/mol. The number of hydrogen-bond acceptors (Lipinski definition) is 5. The molecule has 6 nitrogen and oxygen atoms in total. The number of carbonyl (C=O) groups excluding carboxylic acids is 1. The summed E-state index contributed by atoms with van der Waals surface area (Å²) in [5.74, 6) is -0.280. The molecule has 1 aromatic carbocycles. The Balaban J connectivity index is 1.67. The molecule has 2 aromatic heterocycles. The first-order valence-electron chi connectivity index (χ1n) is 6.96. The third-order valence-electron chi connectivity index (χ3n) is 3.18. The van der Waals surface area contributed by atoms with Gasteiger partial charge in [0.25, 0.3) is 0 Å². The molecule has 0 atom stereocenters. The quantitative estimate of drug-likeness (QED) is 0.798. The van der Waals surface area contributed by atoms with E-state index in [9.17, 15) is 9.59 Å². The van der Waals surface area contributed by atoms with Gasteiger partial charge >= 0.3 is 5.69 Å². The number of rotatable bonds is 4. The molecule has 0 fully saturated rings. The largest absolute Gasteiger partial charge is 0.347 e. The average molecular weight is 326 g/mol. The van der Waals surface area contributed by atoms with Crippen molar-refractivity contribution >= 4 is 22.9 Å². The van der Waals surface area contributed by atoms with Crippen molar-refractivity contribution in [2.24, 2.45) is 0 Å². The van der Waals surface area contributed by atoms with Crippen LogP contribution in [0, 0.1) is 6.92 Å². The fourth-order valence-corrected chi connectivity index (χ4v) is 2.71. The Hall–Kier alpha value is -2.80. The summed E-state index contributed by atoms with van der Waals surface area (Å²) in [6.45, 7) is 1.89. The van der Waals surface area contributed by atoms with Crippen LogP contribution < -0.4 is 11.0 Å². The van der Waals surface area contributed by atoms with Crippen LogP contribution in [0.15, 0.2) is 52.9 Å². The van der Waals surface area contributed by atoms with Crippen molar-refractivity contribution in [3.8, 4) is 11.3 Å². The van der Waals surface area contributed by atoms with Crippen molar-refractivity contribution in [1.82, 2.24) is 14.5 Å². The zero-order valence-electron chi connectivity index (χ0n) is 12.4. The van der Waals surface area contributed by atoms with Crippen molar-refractivity contribution in [3.63, 3.8) is 0 Å². The van der Waals surface area contributed by atoms with E-state index in [2.05, 4.69) is 15.3 Å². The van der Waals surface area contributed by atoms with Gasteiger partial charge in [0.05, 0.1) is 10.7 Å². The van der Waals surface area contributed by atoms with Gasteiger partial charge in [-0.25, -0.2) is 14.8 Å². The maximum atomic E-state index is 12.0. The Bertz CT molecular complexity index is 883. The average Bonchev–Trinajstić information content (AvgIpc) is 2.97. The highest BCUT2D eigenvalue weighted by Crippen LogP contribution is 2.23. The Morgan fingerprint density at radius 2 is 2.09 bits per heavy atom. The SMILES string of the molecule is Cc1nc(-c2ccc(NC(=O)Cn3cccnc3=O)cc2)cs1. The van der Waals surface area contributed by atoms with Crippen LogP contribution >= 0.6 is 11.3 Å². The summed E-state index contributed by atoms with van der Waals surface area (Å²) in [5, 5.41) is 5.77. The number of carbonyl (C=O) groups is 1. The van der Waals surface area contributed by atoms with Crippen LogP contribution in [0.2, 0.25) is 0 Å². The summed E-state index contributed by atoms with van der Waals surface area (Å²) in [7, 11) is 0. The van der Waals surface area contributed by atoms with E-state index in [1.54, 1.807) is 17.4 Å². The molecule has 0 bridgehead atoms. The third kappa shape index (κ3) is 3.70. The predicted molar refractivity (Wildman–Crippen MR) is 89.4 cm³/mol. The van der Waals surface area contributed by atoms with Crippen LogP contribution in [0.1, 0.15) is 5.01 Å². The van der Waals surface area contributed by atoms with Crippen LogP contribution in [0.25, 0.3) is 11.3 Å². The molecule has 7 heteroatoms. The molecule has 0 saturated carbocycles. The lowest BCUT2D eigenvalue weighted by molar-refractivity contribution is -0.116. The number of aryl methyl sites for hydroxylation is 1. The minimum atomic E-state index is -0.447. The number of nitrogens with zero attached hydrogens (tertiary/aromatic N) is 3. The second kappa shape index (κ2) is 6.53. The molecule has 0 saturated heterocycles. The lowest BCUT2D eigenvalue weighted by Gasteiger charge is -2.07. The molecule has 1 N–H and O–H groups in total. The number of hydrogen-bond donors (Lipinski definition) is 1. The number of aromatic nitrogens is 3. The molecule has 116 valence electrons. The molecule has 0 aliphatic heterocycles. The topological polar surface area (TPSA) is 76.9 Å². The van der Waals surface area contributed by atoms with E-state index < -0.39 is 5.69 Å². The number of anilines is 1. The molecule has 0 aliphatic carbocycles. The van der Waals surface area contributed by atoms with Gasteiger partial charge in [0.15, 0.2) is 0 Å². The summed E-state index contributed by atoms with van der Waals surface area (Å²) in [6.07, 6.45) is 2.93. The number of amides is 1. The van der Waals surface area contributed by atoms with Gasteiger partial charge < -0.3 is 5.32 Å². The van der Waals surface area contributed by atoms with Crippen molar-refractivity contribution in [1.29, 1.82) is 0 Å². The second-order valence-corrected chi connectivity index (χ2v) is 5.97. The van der Waals surface area contributed by atoms with Crippen molar-refractivity contribution < 1.29 is 4.79 Å². The van der Waals surface area contributed by atoms with Gasteiger partial charge in [0.1, 0.15) is 6.54 Å². The normalized spacial score (nSPS) is 10.5. The number of thiazole rings is 1.